The first-order valence-electron chi connectivity index (χ1n) is 8.84. The number of aromatic nitrogens is 2. The van der Waals surface area contributed by atoms with Crippen LogP contribution in [0.5, 0.6) is 0 Å². The van der Waals surface area contributed by atoms with Crippen LogP contribution in [0.4, 0.5) is 4.79 Å². The van der Waals surface area contributed by atoms with Crippen molar-refractivity contribution in [2.75, 3.05) is 6.54 Å². The normalized spacial score (nSPS) is 19.2. The van der Waals surface area contributed by atoms with Gasteiger partial charge < -0.3 is 9.72 Å². The quantitative estimate of drug-likeness (QED) is 0.765. The Morgan fingerprint density at radius 3 is 2.44 bits per heavy atom. The molecule has 0 saturated carbocycles. The molecule has 0 unspecified atom stereocenters. The molecule has 1 amide bonds. The molecule has 7 heteroatoms. The van der Waals surface area contributed by atoms with E-state index >= 15 is 0 Å². The molecular formula is C20H31N3O2S2. The highest BCUT2D eigenvalue weighted by Gasteiger charge is 2.38. The second kappa shape index (κ2) is 9.06. The summed E-state index contributed by atoms with van der Waals surface area (Å²) in [5, 5.41) is 0. The van der Waals surface area contributed by atoms with Crippen LogP contribution in [0.3, 0.4) is 0 Å². The minimum absolute atomic E-state index is 0. The average molecular weight is 410 g/mol. The number of H-pyrrole nitrogens is 1. The van der Waals surface area contributed by atoms with Crippen molar-refractivity contribution in [2.24, 2.45) is 5.92 Å². The molecule has 1 aromatic carbocycles. The van der Waals surface area contributed by atoms with E-state index in [0.717, 1.165) is 23.5 Å². The van der Waals surface area contributed by atoms with Crippen LogP contribution in [0.2, 0.25) is 0 Å². The molecule has 2 aromatic rings. The summed E-state index contributed by atoms with van der Waals surface area (Å²) in [5.74, 6) is 1.25. The number of ether oxygens (including phenoxy) is 1. The summed E-state index contributed by atoms with van der Waals surface area (Å²) >= 11 is 0. The number of rotatable bonds is 2. The first-order chi connectivity index (χ1) is 11.7. The Balaban J connectivity index is 0.00000182. The molecule has 0 radical (unpaired) electrons. The van der Waals surface area contributed by atoms with Crippen molar-refractivity contribution >= 4 is 33.1 Å². The van der Waals surface area contributed by atoms with E-state index in [1.165, 1.54) is 5.56 Å². The number of nitrogens with zero attached hydrogens (tertiary/aromatic N) is 2. The lowest BCUT2D eigenvalue weighted by Gasteiger charge is -2.27. The number of aromatic amines is 1. The lowest BCUT2D eigenvalue weighted by atomic mass is 10.1. The van der Waals surface area contributed by atoms with Crippen LogP contribution in [0.1, 0.15) is 51.5 Å². The molecule has 2 atom stereocenters. The number of carbonyl (C=O) groups is 1. The molecule has 5 nitrogen and oxygen atoms in total. The fourth-order valence-corrected chi connectivity index (χ4v) is 3.21. The molecule has 2 heterocycles. The SMILES string of the molecule is Cc1ccc(-c2cnc([C@@H]3C[C@H](C)CN3C(=O)OC(C)(C)C)[nH]2)cc1.S.S. The number of carbonyl (C=O) groups excluding carboxylic acids is 1. The van der Waals surface area contributed by atoms with Crippen molar-refractivity contribution in [3.63, 3.8) is 0 Å². The Morgan fingerprint density at radius 1 is 1.22 bits per heavy atom. The molecule has 150 valence electrons. The number of hydrogen-bond acceptors (Lipinski definition) is 3. The van der Waals surface area contributed by atoms with Gasteiger partial charge in [-0.05, 0) is 45.6 Å². The number of benzene rings is 1. The summed E-state index contributed by atoms with van der Waals surface area (Å²) in [5.41, 5.74) is 2.80. The van der Waals surface area contributed by atoms with Crippen LogP contribution in [0.15, 0.2) is 30.5 Å². The van der Waals surface area contributed by atoms with Crippen LogP contribution in [0.25, 0.3) is 11.3 Å². The molecule has 3 rings (SSSR count). The van der Waals surface area contributed by atoms with Crippen LogP contribution < -0.4 is 0 Å². The first-order valence-corrected chi connectivity index (χ1v) is 8.84. The van der Waals surface area contributed by atoms with Crippen LogP contribution in [-0.2, 0) is 4.74 Å². The molecule has 0 bridgehead atoms. The summed E-state index contributed by atoms with van der Waals surface area (Å²) in [7, 11) is 0. The fraction of sp³-hybridized carbons (Fsp3) is 0.500. The molecule has 1 N–H and O–H groups in total. The third kappa shape index (κ3) is 5.69. The van der Waals surface area contributed by atoms with Crippen molar-refractivity contribution in [3.05, 3.63) is 41.9 Å². The van der Waals surface area contributed by atoms with Gasteiger partial charge in [-0.2, -0.15) is 27.0 Å². The van der Waals surface area contributed by atoms with Crippen molar-refractivity contribution in [3.8, 4) is 11.3 Å². The number of likely N-dealkylation sites (tertiary alicyclic amines) is 1. The Morgan fingerprint density at radius 2 is 1.85 bits per heavy atom. The Hall–Kier alpha value is -1.60. The van der Waals surface area contributed by atoms with E-state index in [9.17, 15) is 4.79 Å². The van der Waals surface area contributed by atoms with Crippen molar-refractivity contribution in [2.45, 2.75) is 52.7 Å². The van der Waals surface area contributed by atoms with Gasteiger partial charge in [0.2, 0.25) is 0 Å². The van der Waals surface area contributed by atoms with Gasteiger partial charge in [0.15, 0.2) is 0 Å². The van der Waals surface area contributed by atoms with Gasteiger partial charge in [-0.1, -0.05) is 36.8 Å². The van der Waals surface area contributed by atoms with E-state index < -0.39 is 5.60 Å². The van der Waals surface area contributed by atoms with Crippen LogP contribution >= 0.6 is 27.0 Å². The van der Waals surface area contributed by atoms with Gasteiger partial charge in [-0.25, -0.2) is 9.78 Å². The highest BCUT2D eigenvalue weighted by atomic mass is 32.1. The van der Waals surface area contributed by atoms with Gasteiger partial charge in [0.1, 0.15) is 11.4 Å². The summed E-state index contributed by atoms with van der Waals surface area (Å²) in [6.07, 6.45) is 2.46. The molecular weight excluding hydrogens is 378 g/mol. The van der Waals surface area contributed by atoms with Crippen LogP contribution in [-0.4, -0.2) is 33.1 Å². The Labute approximate surface area is 175 Å². The van der Waals surface area contributed by atoms with Gasteiger partial charge >= 0.3 is 6.09 Å². The maximum Gasteiger partial charge on any atom is 0.410 e. The monoisotopic (exact) mass is 409 g/mol. The summed E-state index contributed by atoms with van der Waals surface area (Å²) in [6.45, 7) is 10.6. The second-order valence-corrected chi connectivity index (χ2v) is 8.04. The van der Waals surface area contributed by atoms with E-state index in [4.69, 9.17) is 4.74 Å². The van der Waals surface area contributed by atoms with Crippen LogP contribution in [0, 0.1) is 12.8 Å². The number of hydrogen-bond donors (Lipinski definition) is 1. The molecule has 0 spiro atoms. The first kappa shape index (κ1) is 23.4. The topological polar surface area (TPSA) is 58.2 Å². The minimum atomic E-state index is -0.496. The van der Waals surface area contributed by atoms with Crippen molar-refractivity contribution in [1.82, 2.24) is 14.9 Å². The van der Waals surface area contributed by atoms with Gasteiger partial charge in [-0.15, -0.1) is 0 Å². The van der Waals surface area contributed by atoms with Gasteiger partial charge in [0.05, 0.1) is 17.9 Å². The van der Waals surface area contributed by atoms with E-state index in [2.05, 4.69) is 48.1 Å². The zero-order chi connectivity index (χ0) is 18.2. The zero-order valence-electron chi connectivity index (χ0n) is 16.7. The molecule has 1 saturated heterocycles. The fourth-order valence-electron chi connectivity index (χ4n) is 3.21. The van der Waals surface area contributed by atoms with Gasteiger partial charge in [-0.3, -0.25) is 4.90 Å². The molecule has 1 fully saturated rings. The zero-order valence-corrected chi connectivity index (χ0v) is 18.7. The summed E-state index contributed by atoms with van der Waals surface area (Å²) < 4.78 is 5.57. The summed E-state index contributed by atoms with van der Waals surface area (Å²) in [6, 6.07) is 8.26. The molecule has 1 aliphatic heterocycles. The smallest absolute Gasteiger partial charge is 0.410 e. The minimum Gasteiger partial charge on any atom is -0.444 e. The number of nitrogens with one attached hydrogen (secondary N) is 1. The maximum atomic E-state index is 12.6. The third-order valence-electron chi connectivity index (χ3n) is 4.41. The largest absolute Gasteiger partial charge is 0.444 e. The average Bonchev–Trinajstić information content (AvgIpc) is 3.12. The molecule has 1 aromatic heterocycles. The second-order valence-electron chi connectivity index (χ2n) is 8.04. The maximum absolute atomic E-state index is 12.6. The van der Waals surface area contributed by atoms with Crippen molar-refractivity contribution < 1.29 is 9.53 Å². The van der Waals surface area contributed by atoms with E-state index in [-0.39, 0.29) is 39.1 Å². The van der Waals surface area contributed by atoms with Gasteiger partial charge in [0.25, 0.3) is 0 Å². The predicted octanol–water partition coefficient (Wildman–Crippen LogP) is 4.93. The predicted molar refractivity (Wildman–Crippen MR) is 119 cm³/mol. The molecule has 1 aliphatic rings. The highest BCUT2D eigenvalue weighted by Crippen LogP contribution is 2.35. The standard InChI is InChI=1S/C20H27N3O2.2H2S/c1-13-6-8-15(9-7-13)16-11-21-18(22-16)17-10-14(2)12-23(17)19(24)25-20(3,4)5;;/h6-9,11,14,17H,10,12H2,1-5H3,(H,21,22);2*1H2/t14-,17-;;/m0../s1. The van der Waals surface area contributed by atoms with Gasteiger partial charge in [0, 0.05) is 6.54 Å². The number of aryl methyl sites for hydroxylation is 1. The summed E-state index contributed by atoms with van der Waals surface area (Å²) in [4.78, 5) is 22.3. The van der Waals surface area contributed by atoms with E-state index in [1.807, 2.05) is 27.0 Å². The molecule has 27 heavy (non-hydrogen) atoms. The third-order valence-corrected chi connectivity index (χ3v) is 4.41. The van der Waals surface area contributed by atoms with Crippen molar-refractivity contribution in [1.29, 1.82) is 0 Å². The Bertz CT molecular complexity index is 753. The highest BCUT2D eigenvalue weighted by molar-refractivity contribution is 7.59. The lowest BCUT2D eigenvalue weighted by molar-refractivity contribution is 0.0214. The van der Waals surface area contributed by atoms with E-state index in [1.54, 1.807) is 4.90 Å². The number of imidazole rings is 1. The number of amides is 1. The lowest BCUT2D eigenvalue weighted by Crippen LogP contribution is -2.37. The molecule has 0 aliphatic carbocycles. The Kier molecular flexibility index (Phi) is 7.87. The van der Waals surface area contributed by atoms with E-state index in [0.29, 0.717) is 12.5 Å².